The maximum atomic E-state index is 5.40. The van der Waals surface area contributed by atoms with Crippen LogP contribution in [0.3, 0.4) is 0 Å². The summed E-state index contributed by atoms with van der Waals surface area (Å²) in [5.41, 5.74) is 0. The predicted octanol–water partition coefficient (Wildman–Crippen LogP) is 3.20. The highest BCUT2D eigenvalue weighted by Gasteiger charge is 1.93. The van der Waals surface area contributed by atoms with Crippen molar-refractivity contribution in [2.75, 3.05) is 6.61 Å². The van der Waals surface area contributed by atoms with Gasteiger partial charge in [0.15, 0.2) is 23.0 Å². The first-order valence-corrected chi connectivity index (χ1v) is 4.76. The zero-order valence-corrected chi connectivity index (χ0v) is 9.08. The van der Waals surface area contributed by atoms with E-state index >= 15 is 0 Å². The Morgan fingerprint density at radius 2 is 1.75 bits per heavy atom. The van der Waals surface area contributed by atoms with Gasteiger partial charge in [0.1, 0.15) is 11.5 Å². The van der Waals surface area contributed by atoms with Crippen LogP contribution < -0.4 is 7.80 Å². The van der Waals surface area contributed by atoms with E-state index in [0.29, 0.717) is 0 Å². The lowest BCUT2D eigenvalue weighted by molar-refractivity contribution is 0.317. The molecule has 0 N–H and O–H groups in total. The van der Waals surface area contributed by atoms with Gasteiger partial charge in [-0.25, -0.2) is 0 Å². The van der Waals surface area contributed by atoms with Gasteiger partial charge in [0.2, 0.25) is 0 Å². The van der Waals surface area contributed by atoms with Crippen LogP contribution in [0, 0.1) is 0 Å². The number of ether oxygens (including phenoxy) is 1. The van der Waals surface area contributed by atoms with Crippen molar-refractivity contribution in [3.05, 3.63) is 24.3 Å². The average Bonchev–Trinajstić information content (AvgIpc) is 2.15. The van der Waals surface area contributed by atoms with E-state index in [1.807, 2.05) is 47.3 Å². The van der Waals surface area contributed by atoms with Crippen molar-refractivity contribution in [1.82, 2.24) is 0 Å². The number of hydrogen-bond donors (Lipinski definition) is 0. The Hall–Kier alpha value is -0.450. The van der Waals surface area contributed by atoms with Gasteiger partial charge in [-0.3, -0.25) is 0 Å². The standard InChI is InChI=1S/C9H11IO2/c1-2-7-11-8-3-5-9(12-10)6-4-8/h3-6H,2,7H2,1H3. The third-order valence-corrected chi connectivity index (χ3v) is 1.89. The van der Waals surface area contributed by atoms with Crippen molar-refractivity contribution >= 4 is 23.0 Å². The molecular weight excluding hydrogens is 267 g/mol. The molecule has 1 aromatic carbocycles. The summed E-state index contributed by atoms with van der Waals surface area (Å²) in [6.07, 6.45) is 1.03. The number of halogens is 1. The third-order valence-electron chi connectivity index (χ3n) is 1.39. The van der Waals surface area contributed by atoms with E-state index in [2.05, 4.69) is 6.92 Å². The lowest BCUT2D eigenvalue weighted by Gasteiger charge is -2.03. The fourth-order valence-corrected chi connectivity index (χ4v) is 1.10. The molecule has 0 spiro atoms. The van der Waals surface area contributed by atoms with E-state index in [1.165, 1.54) is 0 Å². The summed E-state index contributed by atoms with van der Waals surface area (Å²) in [7, 11) is 0. The lowest BCUT2D eigenvalue weighted by Crippen LogP contribution is -1.94. The molecule has 66 valence electrons. The minimum Gasteiger partial charge on any atom is -0.494 e. The smallest absolute Gasteiger partial charge is 0.192 e. The largest absolute Gasteiger partial charge is 0.494 e. The molecule has 0 aromatic heterocycles. The molecule has 0 saturated heterocycles. The molecular formula is C9H11IO2. The summed E-state index contributed by atoms with van der Waals surface area (Å²) >= 11 is 1.85. The Morgan fingerprint density at radius 3 is 2.25 bits per heavy atom. The van der Waals surface area contributed by atoms with Gasteiger partial charge >= 0.3 is 0 Å². The van der Waals surface area contributed by atoms with Gasteiger partial charge in [-0.05, 0) is 30.7 Å². The Kier molecular flexibility index (Phi) is 4.21. The molecule has 12 heavy (non-hydrogen) atoms. The Bertz CT molecular complexity index is 220. The monoisotopic (exact) mass is 278 g/mol. The highest BCUT2D eigenvalue weighted by Crippen LogP contribution is 2.18. The van der Waals surface area contributed by atoms with Crippen LogP contribution in [0.5, 0.6) is 11.5 Å². The van der Waals surface area contributed by atoms with Gasteiger partial charge in [0, 0.05) is 0 Å². The van der Waals surface area contributed by atoms with E-state index < -0.39 is 0 Å². The molecule has 0 heterocycles. The van der Waals surface area contributed by atoms with Crippen LogP contribution in [0.25, 0.3) is 0 Å². The van der Waals surface area contributed by atoms with E-state index in [1.54, 1.807) is 0 Å². The number of benzene rings is 1. The van der Waals surface area contributed by atoms with Crippen LogP contribution in [0.15, 0.2) is 24.3 Å². The van der Waals surface area contributed by atoms with Gasteiger partial charge in [-0.2, -0.15) is 0 Å². The van der Waals surface area contributed by atoms with Crippen molar-refractivity contribution in [2.45, 2.75) is 13.3 Å². The van der Waals surface area contributed by atoms with Crippen LogP contribution in [-0.4, -0.2) is 6.61 Å². The maximum absolute atomic E-state index is 5.40. The summed E-state index contributed by atoms with van der Waals surface area (Å²) < 4.78 is 10.4. The first-order valence-electron chi connectivity index (χ1n) is 3.88. The zero-order chi connectivity index (χ0) is 8.81. The average molecular weight is 278 g/mol. The van der Waals surface area contributed by atoms with Crippen LogP contribution in [0.4, 0.5) is 0 Å². The van der Waals surface area contributed by atoms with Crippen LogP contribution >= 0.6 is 23.0 Å². The van der Waals surface area contributed by atoms with Gasteiger partial charge in [0.25, 0.3) is 0 Å². The second-order valence-corrected chi connectivity index (χ2v) is 2.84. The van der Waals surface area contributed by atoms with Crippen molar-refractivity contribution in [2.24, 2.45) is 0 Å². The highest BCUT2D eigenvalue weighted by molar-refractivity contribution is 14.1. The molecule has 0 saturated carbocycles. The Balaban J connectivity index is 2.53. The molecule has 0 aliphatic heterocycles. The number of rotatable bonds is 4. The second-order valence-electron chi connectivity index (χ2n) is 2.40. The summed E-state index contributed by atoms with van der Waals surface area (Å²) in [6, 6.07) is 7.59. The molecule has 2 nitrogen and oxygen atoms in total. The molecule has 0 amide bonds. The Morgan fingerprint density at radius 1 is 1.17 bits per heavy atom. The fourth-order valence-electron chi connectivity index (χ4n) is 0.807. The van der Waals surface area contributed by atoms with E-state index in [4.69, 9.17) is 7.80 Å². The Labute approximate surface area is 86.6 Å². The maximum Gasteiger partial charge on any atom is 0.192 e. The normalized spacial score (nSPS) is 9.50. The molecule has 1 rings (SSSR count). The van der Waals surface area contributed by atoms with E-state index in [0.717, 1.165) is 24.5 Å². The SMILES string of the molecule is CCCOc1ccc(OI)cc1. The molecule has 0 fully saturated rings. The van der Waals surface area contributed by atoms with Crippen LogP contribution in [0.1, 0.15) is 13.3 Å². The van der Waals surface area contributed by atoms with Crippen molar-refractivity contribution in [1.29, 1.82) is 0 Å². The van der Waals surface area contributed by atoms with Gasteiger partial charge in [0.05, 0.1) is 6.61 Å². The highest BCUT2D eigenvalue weighted by atomic mass is 127. The minimum atomic E-state index is 0.768. The number of hydrogen-bond acceptors (Lipinski definition) is 2. The van der Waals surface area contributed by atoms with E-state index in [9.17, 15) is 0 Å². The first kappa shape index (κ1) is 9.64. The molecule has 0 atom stereocenters. The molecule has 0 aliphatic rings. The zero-order valence-electron chi connectivity index (χ0n) is 6.92. The summed E-state index contributed by atoms with van der Waals surface area (Å²) in [5, 5.41) is 0. The quantitative estimate of drug-likeness (QED) is 0.787. The van der Waals surface area contributed by atoms with Crippen LogP contribution in [0.2, 0.25) is 0 Å². The van der Waals surface area contributed by atoms with Crippen molar-refractivity contribution in [3.63, 3.8) is 0 Å². The molecule has 1 aromatic rings. The van der Waals surface area contributed by atoms with Gasteiger partial charge in [-0.1, -0.05) is 6.92 Å². The molecule has 0 bridgehead atoms. The van der Waals surface area contributed by atoms with Crippen molar-refractivity contribution in [3.8, 4) is 11.5 Å². The van der Waals surface area contributed by atoms with Crippen molar-refractivity contribution < 1.29 is 7.80 Å². The topological polar surface area (TPSA) is 18.5 Å². The predicted molar refractivity (Wildman–Crippen MR) is 56.9 cm³/mol. The molecule has 0 unspecified atom stereocenters. The summed E-state index contributed by atoms with van der Waals surface area (Å²) in [5.74, 6) is 1.74. The summed E-state index contributed by atoms with van der Waals surface area (Å²) in [6.45, 7) is 2.85. The van der Waals surface area contributed by atoms with E-state index in [-0.39, 0.29) is 0 Å². The van der Waals surface area contributed by atoms with Gasteiger partial charge in [-0.15, -0.1) is 0 Å². The summed E-state index contributed by atoms with van der Waals surface area (Å²) in [4.78, 5) is 0. The second kappa shape index (κ2) is 5.24. The lowest BCUT2D eigenvalue weighted by atomic mass is 10.3. The molecule has 3 heteroatoms. The first-order chi connectivity index (χ1) is 5.86. The third kappa shape index (κ3) is 2.89. The van der Waals surface area contributed by atoms with Crippen LogP contribution in [-0.2, 0) is 0 Å². The molecule has 0 aliphatic carbocycles. The van der Waals surface area contributed by atoms with Gasteiger partial charge < -0.3 is 7.80 Å². The molecule has 0 radical (unpaired) electrons. The fraction of sp³-hybridized carbons (Fsp3) is 0.333. The minimum absolute atomic E-state index is 0.768.